The van der Waals surface area contributed by atoms with Crippen molar-refractivity contribution in [2.24, 2.45) is 13.0 Å². The Morgan fingerprint density at radius 2 is 2.15 bits per heavy atom. The molecule has 1 amide bonds. The van der Waals surface area contributed by atoms with Gasteiger partial charge in [0, 0.05) is 32.3 Å². The standard InChI is InChI=1S/C15H27N3O2/c1-5-13(8-9-19)10-16-15(20)7-6-14-11(2)17-18(4)12(14)3/h13,19H,5-10H2,1-4H3,(H,16,20). The smallest absolute Gasteiger partial charge is 0.220 e. The van der Waals surface area contributed by atoms with Crippen molar-refractivity contribution in [2.75, 3.05) is 13.2 Å². The van der Waals surface area contributed by atoms with E-state index in [1.165, 1.54) is 5.56 Å². The SMILES string of the molecule is CCC(CCO)CNC(=O)CCc1c(C)nn(C)c1C. The zero-order valence-electron chi connectivity index (χ0n) is 13.1. The van der Waals surface area contributed by atoms with Gasteiger partial charge in [0.1, 0.15) is 0 Å². The Bertz CT molecular complexity index is 441. The summed E-state index contributed by atoms with van der Waals surface area (Å²) < 4.78 is 1.86. The summed E-state index contributed by atoms with van der Waals surface area (Å²) in [6.45, 7) is 6.92. The lowest BCUT2D eigenvalue weighted by atomic mass is 10.0. The van der Waals surface area contributed by atoms with Crippen LogP contribution >= 0.6 is 0 Å². The summed E-state index contributed by atoms with van der Waals surface area (Å²) in [5.41, 5.74) is 3.30. The van der Waals surface area contributed by atoms with Crippen molar-refractivity contribution >= 4 is 5.91 Å². The molecule has 0 saturated heterocycles. The predicted molar refractivity (Wildman–Crippen MR) is 79.5 cm³/mol. The molecule has 1 rings (SSSR count). The maximum absolute atomic E-state index is 11.9. The van der Waals surface area contributed by atoms with Crippen molar-refractivity contribution in [3.05, 3.63) is 17.0 Å². The molecule has 20 heavy (non-hydrogen) atoms. The Hall–Kier alpha value is -1.36. The van der Waals surface area contributed by atoms with Gasteiger partial charge < -0.3 is 10.4 Å². The first kappa shape index (κ1) is 16.7. The van der Waals surface area contributed by atoms with Crippen LogP contribution in [0.3, 0.4) is 0 Å². The molecule has 1 unspecified atom stereocenters. The van der Waals surface area contributed by atoms with Crippen LogP contribution in [0.5, 0.6) is 0 Å². The maximum atomic E-state index is 11.9. The summed E-state index contributed by atoms with van der Waals surface area (Å²) in [5.74, 6) is 0.440. The number of hydrogen-bond donors (Lipinski definition) is 2. The number of aliphatic hydroxyl groups is 1. The van der Waals surface area contributed by atoms with Crippen LogP contribution in [0.1, 0.15) is 43.1 Å². The van der Waals surface area contributed by atoms with E-state index in [-0.39, 0.29) is 12.5 Å². The van der Waals surface area contributed by atoms with Gasteiger partial charge in [-0.25, -0.2) is 0 Å². The molecule has 2 N–H and O–H groups in total. The first-order valence-electron chi connectivity index (χ1n) is 7.36. The minimum Gasteiger partial charge on any atom is -0.396 e. The molecular formula is C15H27N3O2. The molecule has 1 aromatic rings. The predicted octanol–water partition coefficient (Wildman–Crippen LogP) is 1.49. The van der Waals surface area contributed by atoms with E-state index in [1.807, 2.05) is 25.6 Å². The van der Waals surface area contributed by atoms with Gasteiger partial charge in [-0.1, -0.05) is 13.3 Å². The van der Waals surface area contributed by atoms with E-state index >= 15 is 0 Å². The van der Waals surface area contributed by atoms with Crippen molar-refractivity contribution in [3.8, 4) is 0 Å². The first-order valence-corrected chi connectivity index (χ1v) is 7.36. The lowest BCUT2D eigenvalue weighted by Gasteiger charge is -2.14. The highest BCUT2D eigenvalue weighted by Crippen LogP contribution is 2.14. The highest BCUT2D eigenvalue weighted by molar-refractivity contribution is 5.76. The Morgan fingerprint density at radius 1 is 1.45 bits per heavy atom. The fourth-order valence-corrected chi connectivity index (χ4v) is 2.40. The average molecular weight is 281 g/mol. The zero-order valence-corrected chi connectivity index (χ0v) is 13.1. The molecule has 0 fully saturated rings. The van der Waals surface area contributed by atoms with E-state index in [0.717, 1.165) is 30.7 Å². The Balaban J connectivity index is 2.40. The molecule has 0 aliphatic rings. The van der Waals surface area contributed by atoms with E-state index < -0.39 is 0 Å². The van der Waals surface area contributed by atoms with Gasteiger partial charge in [-0.3, -0.25) is 9.48 Å². The van der Waals surface area contributed by atoms with Gasteiger partial charge in [0.2, 0.25) is 5.91 Å². The average Bonchev–Trinajstić information content (AvgIpc) is 2.66. The lowest BCUT2D eigenvalue weighted by molar-refractivity contribution is -0.121. The first-order chi connectivity index (χ1) is 9.49. The molecule has 114 valence electrons. The summed E-state index contributed by atoms with van der Waals surface area (Å²) >= 11 is 0. The molecule has 0 radical (unpaired) electrons. The Labute approximate surface area is 121 Å². The zero-order chi connectivity index (χ0) is 15.1. The van der Waals surface area contributed by atoms with Gasteiger partial charge >= 0.3 is 0 Å². The third-order valence-electron chi connectivity index (χ3n) is 3.96. The molecule has 0 spiro atoms. The second kappa shape index (κ2) is 8.04. The van der Waals surface area contributed by atoms with E-state index in [1.54, 1.807) is 0 Å². The maximum Gasteiger partial charge on any atom is 0.220 e. The largest absolute Gasteiger partial charge is 0.396 e. The summed E-state index contributed by atoms with van der Waals surface area (Å²) in [5, 5.41) is 16.2. The van der Waals surface area contributed by atoms with Crippen molar-refractivity contribution in [3.63, 3.8) is 0 Å². The van der Waals surface area contributed by atoms with Gasteiger partial charge in [0.25, 0.3) is 0 Å². The molecule has 0 aliphatic carbocycles. The van der Waals surface area contributed by atoms with Crippen LogP contribution in [-0.4, -0.2) is 33.9 Å². The summed E-state index contributed by atoms with van der Waals surface area (Å²) in [4.78, 5) is 11.9. The van der Waals surface area contributed by atoms with E-state index in [9.17, 15) is 4.79 Å². The van der Waals surface area contributed by atoms with Crippen LogP contribution in [-0.2, 0) is 18.3 Å². The molecule has 0 aromatic carbocycles. The molecular weight excluding hydrogens is 254 g/mol. The minimum atomic E-state index is 0.0732. The van der Waals surface area contributed by atoms with Gasteiger partial charge in [-0.05, 0) is 38.2 Å². The van der Waals surface area contributed by atoms with Crippen LogP contribution < -0.4 is 5.32 Å². The Morgan fingerprint density at radius 3 is 2.65 bits per heavy atom. The molecule has 0 aliphatic heterocycles. The number of aliphatic hydroxyl groups excluding tert-OH is 1. The van der Waals surface area contributed by atoms with Gasteiger partial charge in [0.05, 0.1) is 5.69 Å². The second-order valence-corrected chi connectivity index (χ2v) is 5.36. The number of carbonyl (C=O) groups excluding carboxylic acids is 1. The Kier molecular flexibility index (Phi) is 6.71. The van der Waals surface area contributed by atoms with E-state index in [0.29, 0.717) is 18.9 Å². The van der Waals surface area contributed by atoms with Crippen LogP contribution in [0.15, 0.2) is 0 Å². The van der Waals surface area contributed by atoms with Crippen LogP contribution in [0.4, 0.5) is 0 Å². The third-order valence-corrected chi connectivity index (χ3v) is 3.96. The molecule has 1 atom stereocenters. The molecule has 5 heteroatoms. The fraction of sp³-hybridized carbons (Fsp3) is 0.733. The second-order valence-electron chi connectivity index (χ2n) is 5.36. The topological polar surface area (TPSA) is 67.2 Å². The normalized spacial score (nSPS) is 12.4. The van der Waals surface area contributed by atoms with E-state index in [2.05, 4.69) is 17.3 Å². The van der Waals surface area contributed by atoms with Gasteiger partial charge in [-0.15, -0.1) is 0 Å². The van der Waals surface area contributed by atoms with Crippen molar-refractivity contribution in [1.82, 2.24) is 15.1 Å². The minimum absolute atomic E-state index is 0.0732. The van der Waals surface area contributed by atoms with Gasteiger partial charge in [0.15, 0.2) is 0 Å². The monoisotopic (exact) mass is 281 g/mol. The molecule has 0 bridgehead atoms. The van der Waals surface area contributed by atoms with Gasteiger partial charge in [-0.2, -0.15) is 5.10 Å². The van der Waals surface area contributed by atoms with E-state index in [4.69, 9.17) is 5.11 Å². The molecule has 5 nitrogen and oxygen atoms in total. The van der Waals surface area contributed by atoms with Crippen LogP contribution in [0.25, 0.3) is 0 Å². The van der Waals surface area contributed by atoms with Crippen molar-refractivity contribution in [2.45, 2.75) is 46.5 Å². The number of aryl methyl sites for hydroxylation is 2. The number of rotatable bonds is 8. The van der Waals surface area contributed by atoms with Crippen molar-refractivity contribution in [1.29, 1.82) is 0 Å². The molecule has 0 saturated carbocycles. The summed E-state index contributed by atoms with van der Waals surface area (Å²) in [6, 6.07) is 0. The summed E-state index contributed by atoms with van der Waals surface area (Å²) in [7, 11) is 1.92. The number of aromatic nitrogens is 2. The third kappa shape index (κ3) is 4.63. The lowest BCUT2D eigenvalue weighted by Crippen LogP contribution is -2.29. The number of hydrogen-bond acceptors (Lipinski definition) is 3. The quantitative estimate of drug-likeness (QED) is 0.758. The number of nitrogens with one attached hydrogen (secondary N) is 1. The summed E-state index contributed by atoms with van der Waals surface area (Å²) in [6.07, 6.45) is 2.94. The number of amides is 1. The highest BCUT2D eigenvalue weighted by atomic mass is 16.3. The van der Waals surface area contributed by atoms with Crippen molar-refractivity contribution < 1.29 is 9.90 Å². The highest BCUT2D eigenvalue weighted by Gasteiger charge is 2.12. The molecule has 1 aromatic heterocycles. The van der Waals surface area contributed by atoms with Crippen LogP contribution in [0, 0.1) is 19.8 Å². The number of nitrogens with zero attached hydrogens (tertiary/aromatic N) is 2. The van der Waals surface area contributed by atoms with Crippen LogP contribution in [0.2, 0.25) is 0 Å². The number of carbonyl (C=O) groups is 1. The molecule has 1 heterocycles. The fourth-order valence-electron chi connectivity index (χ4n) is 2.40.